The lowest BCUT2D eigenvalue weighted by atomic mass is 10.1. The zero-order chi connectivity index (χ0) is 39.5. The SMILES string of the molecule is Nc1ccc(C=Cc2ccc(N)cc2)cc1.O=S(=O)(O)c1cc(-c2nc3ccccc3o2)ccc1C=Cc1ccc(-c2nc3ccccc3o2)cc1S(=O)(=O)O. The van der Waals surface area contributed by atoms with Crippen molar-refractivity contribution in [3.05, 3.63) is 156 Å². The van der Waals surface area contributed by atoms with Gasteiger partial charge in [0.15, 0.2) is 11.2 Å². The molecule has 6 aromatic carbocycles. The van der Waals surface area contributed by atoms with Crippen LogP contribution in [0.4, 0.5) is 11.4 Å². The van der Waals surface area contributed by atoms with Crippen molar-refractivity contribution < 1.29 is 34.8 Å². The lowest BCUT2D eigenvalue weighted by Gasteiger charge is -2.07. The molecule has 8 rings (SSSR count). The van der Waals surface area contributed by atoms with Gasteiger partial charge in [-0.25, -0.2) is 9.97 Å². The summed E-state index contributed by atoms with van der Waals surface area (Å²) >= 11 is 0. The molecule has 12 nitrogen and oxygen atoms in total. The van der Waals surface area contributed by atoms with E-state index in [2.05, 4.69) is 9.97 Å². The lowest BCUT2D eigenvalue weighted by molar-refractivity contribution is 0.480. The number of benzene rings is 6. The molecule has 0 unspecified atom stereocenters. The molecule has 14 heteroatoms. The molecular formula is C42H32N4O8S2. The summed E-state index contributed by atoms with van der Waals surface area (Å²) in [5.41, 5.74) is 18.0. The van der Waals surface area contributed by atoms with Crippen LogP contribution in [0.25, 0.3) is 69.4 Å². The van der Waals surface area contributed by atoms with E-state index >= 15 is 0 Å². The summed E-state index contributed by atoms with van der Waals surface area (Å²) in [5.74, 6) is 0.315. The molecule has 0 spiro atoms. The van der Waals surface area contributed by atoms with Gasteiger partial charge >= 0.3 is 0 Å². The van der Waals surface area contributed by atoms with E-state index in [-0.39, 0.29) is 22.9 Å². The molecule has 0 bridgehead atoms. The van der Waals surface area contributed by atoms with Crippen molar-refractivity contribution in [3.63, 3.8) is 0 Å². The molecule has 0 amide bonds. The highest BCUT2D eigenvalue weighted by Gasteiger charge is 2.20. The Kier molecular flexibility index (Phi) is 10.4. The van der Waals surface area contributed by atoms with Crippen LogP contribution >= 0.6 is 0 Å². The first-order chi connectivity index (χ1) is 26.8. The fraction of sp³-hybridized carbons (Fsp3) is 0. The number of hydrogen-bond donors (Lipinski definition) is 4. The molecule has 0 saturated heterocycles. The van der Waals surface area contributed by atoms with E-state index < -0.39 is 30.0 Å². The van der Waals surface area contributed by atoms with E-state index in [9.17, 15) is 25.9 Å². The van der Waals surface area contributed by atoms with E-state index in [1.54, 1.807) is 60.7 Å². The number of anilines is 2. The van der Waals surface area contributed by atoms with Crippen LogP contribution < -0.4 is 11.5 Å². The van der Waals surface area contributed by atoms with Gasteiger partial charge in [0.2, 0.25) is 11.8 Å². The lowest BCUT2D eigenvalue weighted by Crippen LogP contribution is -2.02. The predicted octanol–water partition coefficient (Wildman–Crippen LogP) is 8.99. The number of oxazole rings is 2. The first-order valence-corrected chi connectivity index (χ1v) is 19.7. The molecule has 0 aliphatic heterocycles. The van der Waals surface area contributed by atoms with Gasteiger partial charge in [0, 0.05) is 22.5 Å². The molecule has 6 N–H and O–H groups in total. The summed E-state index contributed by atoms with van der Waals surface area (Å²) in [7, 11) is -9.40. The minimum absolute atomic E-state index is 0.0617. The third-order valence-electron chi connectivity index (χ3n) is 8.45. The quantitative estimate of drug-likeness (QED) is 0.0646. The highest BCUT2D eigenvalue weighted by molar-refractivity contribution is 7.86. The number of fused-ring (bicyclic) bond motifs is 2. The maximum Gasteiger partial charge on any atom is 0.295 e. The van der Waals surface area contributed by atoms with Crippen LogP contribution in [-0.2, 0) is 20.2 Å². The molecule has 0 saturated carbocycles. The van der Waals surface area contributed by atoms with Crippen LogP contribution in [0.5, 0.6) is 0 Å². The van der Waals surface area contributed by atoms with Crippen molar-refractivity contribution >= 4 is 78.1 Å². The Labute approximate surface area is 321 Å². The molecule has 0 radical (unpaired) electrons. The Morgan fingerprint density at radius 2 is 0.857 bits per heavy atom. The Morgan fingerprint density at radius 3 is 1.21 bits per heavy atom. The number of nitrogens with two attached hydrogens (primary N) is 2. The van der Waals surface area contributed by atoms with Crippen LogP contribution in [0, 0.1) is 0 Å². The normalized spacial score (nSPS) is 12.0. The second-order valence-electron chi connectivity index (χ2n) is 12.4. The number of nitrogens with zero attached hydrogens (tertiary/aromatic N) is 2. The Bertz CT molecular complexity index is 2720. The maximum atomic E-state index is 12.2. The molecule has 2 aromatic heterocycles. The average Bonchev–Trinajstić information content (AvgIpc) is 3.82. The summed E-state index contributed by atoms with van der Waals surface area (Å²) in [5, 5.41) is 0. The fourth-order valence-corrected chi connectivity index (χ4v) is 7.05. The van der Waals surface area contributed by atoms with Crippen molar-refractivity contribution in [1.82, 2.24) is 9.97 Å². The minimum Gasteiger partial charge on any atom is -0.436 e. The number of aromatic nitrogens is 2. The molecule has 0 aliphatic carbocycles. The van der Waals surface area contributed by atoms with Crippen molar-refractivity contribution in [2.45, 2.75) is 9.79 Å². The molecule has 280 valence electrons. The van der Waals surface area contributed by atoms with E-state index in [1.165, 1.54) is 36.4 Å². The van der Waals surface area contributed by atoms with Crippen LogP contribution in [0.2, 0.25) is 0 Å². The van der Waals surface area contributed by atoms with E-state index in [0.29, 0.717) is 33.3 Å². The van der Waals surface area contributed by atoms with E-state index in [0.717, 1.165) is 22.5 Å². The highest BCUT2D eigenvalue weighted by atomic mass is 32.2. The second kappa shape index (κ2) is 15.5. The molecule has 56 heavy (non-hydrogen) atoms. The topological polar surface area (TPSA) is 213 Å². The Hall–Kier alpha value is -6.84. The molecule has 0 fully saturated rings. The number of rotatable bonds is 8. The number of nitrogen functional groups attached to an aromatic ring is 2. The number of para-hydroxylation sites is 4. The summed E-state index contributed by atoms with van der Waals surface area (Å²) in [6, 6.07) is 37.9. The standard InChI is InChI=1S/C28H18N2O8S2.C14H14N2/c31-39(32,33)25-15-19(27-29-21-5-1-3-7-23(21)37-27)13-11-17(25)9-10-18-12-14-20(16-26(18)40(34,35)36)28-30-22-6-2-4-8-24(22)38-28;15-13-7-3-11(4-8-13)1-2-12-5-9-14(16)10-6-12/h1-16H,(H,31,32,33)(H,34,35,36);1-10H,15-16H2. The van der Waals surface area contributed by atoms with Crippen LogP contribution in [0.15, 0.2) is 152 Å². The summed E-state index contributed by atoms with van der Waals surface area (Å²) < 4.78 is 80.2. The van der Waals surface area contributed by atoms with Gasteiger partial charge in [-0.1, -0.05) is 85.0 Å². The first kappa shape index (κ1) is 37.5. The minimum atomic E-state index is -4.70. The monoisotopic (exact) mass is 784 g/mol. The van der Waals surface area contributed by atoms with Gasteiger partial charge in [-0.05, 0) is 95.1 Å². The van der Waals surface area contributed by atoms with Gasteiger partial charge in [-0.15, -0.1) is 0 Å². The zero-order valence-corrected chi connectivity index (χ0v) is 30.9. The fourth-order valence-electron chi connectivity index (χ4n) is 5.63. The smallest absolute Gasteiger partial charge is 0.295 e. The molecule has 0 aliphatic rings. The molecule has 2 heterocycles. The van der Waals surface area contributed by atoms with Gasteiger partial charge in [0.05, 0.1) is 0 Å². The molecule has 8 aromatic rings. The third kappa shape index (κ3) is 8.75. The third-order valence-corrected chi connectivity index (χ3v) is 10.3. The number of hydrogen-bond acceptors (Lipinski definition) is 10. The summed E-state index contributed by atoms with van der Waals surface area (Å²) in [6.45, 7) is 0. The summed E-state index contributed by atoms with van der Waals surface area (Å²) in [4.78, 5) is 7.80. The second-order valence-corrected chi connectivity index (χ2v) is 15.2. The van der Waals surface area contributed by atoms with E-state index in [1.807, 2.05) is 60.7 Å². The highest BCUT2D eigenvalue weighted by Crippen LogP contribution is 2.31. The molecular weight excluding hydrogens is 753 g/mol. The van der Waals surface area contributed by atoms with Crippen LogP contribution in [0.3, 0.4) is 0 Å². The Balaban J connectivity index is 0.000000251. The van der Waals surface area contributed by atoms with Gasteiger partial charge in [0.1, 0.15) is 20.8 Å². The summed E-state index contributed by atoms with van der Waals surface area (Å²) in [6.07, 6.45) is 6.71. The van der Waals surface area contributed by atoms with Crippen LogP contribution in [-0.4, -0.2) is 35.9 Å². The van der Waals surface area contributed by atoms with Crippen molar-refractivity contribution in [1.29, 1.82) is 0 Å². The predicted molar refractivity (Wildman–Crippen MR) is 218 cm³/mol. The molecule has 0 atom stereocenters. The van der Waals surface area contributed by atoms with Crippen molar-refractivity contribution in [2.75, 3.05) is 11.5 Å². The van der Waals surface area contributed by atoms with Gasteiger partial charge in [0.25, 0.3) is 20.2 Å². The van der Waals surface area contributed by atoms with Gasteiger partial charge < -0.3 is 20.3 Å². The van der Waals surface area contributed by atoms with Crippen molar-refractivity contribution in [3.8, 4) is 22.9 Å². The van der Waals surface area contributed by atoms with Gasteiger partial charge in [-0.3, -0.25) is 9.11 Å². The average molecular weight is 785 g/mol. The van der Waals surface area contributed by atoms with Crippen LogP contribution in [0.1, 0.15) is 22.3 Å². The zero-order valence-electron chi connectivity index (χ0n) is 29.2. The van der Waals surface area contributed by atoms with Gasteiger partial charge in [-0.2, -0.15) is 16.8 Å². The largest absolute Gasteiger partial charge is 0.436 e. The Morgan fingerprint density at radius 1 is 0.482 bits per heavy atom. The first-order valence-electron chi connectivity index (χ1n) is 16.8. The maximum absolute atomic E-state index is 12.2. The van der Waals surface area contributed by atoms with E-state index in [4.69, 9.17) is 20.3 Å². The van der Waals surface area contributed by atoms with Crippen molar-refractivity contribution in [2.24, 2.45) is 0 Å².